The normalized spacial score (nSPS) is 17.5. The van der Waals surface area contributed by atoms with Crippen molar-refractivity contribution in [1.29, 1.82) is 0 Å². The first-order chi connectivity index (χ1) is 11.9. The highest BCUT2D eigenvalue weighted by Crippen LogP contribution is 2.24. The van der Waals surface area contributed by atoms with Crippen molar-refractivity contribution in [3.05, 3.63) is 62.9 Å². The lowest BCUT2D eigenvalue weighted by molar-refractivity contribution is -0.121. The first-order valence-corrected chi connectivity index (χ1v) is 8.22. The molecule has 0 bridgehead atoms. The van der Waals surface area contributed by atoms with Gasteiger partial charge in [-0.1, -0.05) is 18.2 Å². The van der Waals surface area contributed by atoms with Gasteiger partial charge in [0.15, 0.2) is 0 Å². The van der Waals surface area contributed by atoms with E-state index in [0.29, 0.717) is 25.2 Å². The fourth-order valence-corrected chi connectivity index (χ4v) is 3.23. The number of hydrogen-bond acceptors (Lipinski definition) is 4. The third-order valence-corrected chi connectivity index (χ3v) is 4.81. The van der Waals surface area contributed by atoms with Crippen molar-refractivity contribution in [2.75, 3.05) is 18.5 Å². The zero-order valence-electron chi connectivity index (χ0n) is 14.7. The van der Waals surface area contributed by atoms with E-state index in [2.05, 4.69) is 0 Å². The summed E-state index contributed by atoms with van der Waals surface area (Å²) in [6, 6.07) is 10.8. The summed E-state index contributed by atoms with van der Waals surface area (Å²) in [6.45, 7) is 1.02. The Morgan fingerprint density at radius 2 is 1.76 bits per heavy atom. The van der Waals surface area contributed by atoms with Crippen LogP contribution < -0.4 is 16.1 Å². The van der Waals surface area contributed by atoms with E-state index >= 15 is 0 Å². The average Bonchev–Trinajstić information content (AvgIpc) is 3.00. The number of carbonyl (C=O) groups excluding carboxylic acids is 1. The van der Waals surface area contributed by atoms with Crippen LogP contribution in [0.15, 0.2) is 46.0 Å². The van der Waals surface area contributed by atoms with Crippen LogP contribution in [0.1, 0.15) is 12.1 Å². The lowest BCUT2D eigenvalue weighted by atomic mass is 10.2. The van der Waals surface area contributed by atoms with Crippen molar-refractivity contribution in [2.45, 2.75) is 19.0 Å². The Balaban J connectivity index is 1.79. The highest BCUT2D eigenvalue weighted by molar-refractivity contribution is 5.99. The highest BCUT2D eigenvalue weighted by Gasteiger charge is 2.35. The second-order valence-corrected chi connectivity index (χ2v) is 6.42. The van der Waals surface area contributed by atoms with Crippen molar-refractivity contribution < 1.29 is 4.79 Å². The lowest BCUT2D eigenvalue weighted by Crippen LogP contribution is -2.42. The molecular weight excluding hydrogens is 320 g/mol. The number of aromatic nitrogens is 2. The third kappa shape index (κ3) is 3.15. The molecule has 25 heavy (non-hydrogen) atoms. The van der Waals surface area contributed by atoms with E-state index in [-0.39, 0.29) is 23.2 Å². The van der Waals surface area contributed by atoms with Gasteiger partial charge in [0.05, 0.1) is 6.04 Å². The van der Waals surface area contributed by atoms with Crippen LogP contribution in [0.5, 0.6) is 0 Å². The summed E-state index contributed by atoms with van der Waals surface area (Å²) in [5, 5.41) is 0. The summed E-state index contributed by atoms with van der Waals surface area (Å²) in [6.07, 6.45) is 0.711. The second kappa shape index (κ2) is 6.68. The predicted molar refractivity (Wildman–Crippen MR) is 95.6 cm³/mol. The fraction of sp³-hybridized carbons (Fsp3) is 0.389. The van der Waals surface area contributed by atoms with Gasteiger partial charge in [-0.2, -0.15) is 0 Å². The third-order valence-electron chi connectivity index (χ3n) is 4.81. The number of hydrogen-bond donors (Lipinski definition) is 0. The van der Waals surface area contributed by atoms with Gasteiger partial charge in [0.2, 0.25) is 5.91 Å². The molecule has 0 saturated carbocycles. The minimum atomic E-state index is -0.362. The summed E-state index contributed by atoms with van der Waals surface area (Å²) >= 11 is 0. The summed E-state index contributed by atoms with van der Waals surface area (Å²) in [5.41, 5.74) is 0.792. The van der Waals surface area contributed by atoms with Gasteiger partial charge < -0.3 is 4.90 Å². The number of amides is 1. The van der Waals surface area contributed by atoms with Crippen molar-refractivity contribution in [3.63, 3.8) is 0 Å². The number of para-hydroxylation sites is 1. The Morgan fingerprint density at radius 3 is 2.44 bits per heavy atom. The van der Waals surface area contributed by atoms with Gasteiger partial charge in [-0.15, -0.1) is 0 Å². The average molecular weight is 342 g/mol. The van der Waals surface area contributed by atoms with Gasteiger partial charge in [0, 0.05) is 44.6 Å². The van der Waals surface area contributed by atoms with Gasteiger partial charge in [-0.05, 0) is 25.6 Å². The molecule has 1 aliphatic heterocycles. The molecule has 2 aromatic rings. The molecule has 0 radical (unpaired) electrons. The molecular formula is C18H22N4O3. The Morgan fingerprint density at radius 1 is 1.08 bits per heavy atom. The zero-order chi connectivity index (χ0) is 18.1. The minimum Gasteiger partial charge on any atom is -0.311 e. The van der Waals surface area contributed by atoms with E-state index in [9.17, 15) is 14.4 Å². The molecule has 7 nitrogen and oxygen atoms in total. The maximum atomic E-state index is 12.8. The van der Waals surface area contributed by atoms with Crippen molar-refractivity contribution in [2.24, 2.45) is 14.1 Å². The van der Waals surface area contributed by atoms with Crippen LogP contribution >= 0.6 is 0 Å². The molecule has 0 spiro atoms. The van der Waals surface area contributed by atoms with Gasteiger partial charge in [-0.3, -0.25) is 23.6 Å². The van der Waals surface area contributed by atoms with E-state index in [4.69, 9.17) is 0 Å². The maximum Gasteiger partial charge on any atom is 0.330 e. The Labute approximate surface area is 145 Å². The lowest BCUT2D eigenvalue weighted by Gasteiger charge is -2.24. The first-order valence-electron chi connectivity index (χ1n) is 8.22. The van der Waals surface area contributed by atoms with Crippen molar-refractivity contribution in [3.8, 4) is 0 Å². The molecule has 0 N–H and O–H groups in total. The molecule has 1 amide bonds. The van der Waals surface area contributed by atoms with Gasteiger partial charge >= 0.3 is 5.69 Å². The zero-order valence-corrected chi connectivity index (χ0v) is 14.7. The van der Waals surface area contributed by atoms with Crippen LogP contribution in [-0.4, -0.2) is 39.6 Å². The Hall–Kier alpha value is -2.67. The molecule has 1 atom stereocenters. The van der Waals surface area contributed by atoms with Crippen molar-refractivity contribution in [1.82, 2.24) is 14.0 Å². The number of rotatable bonds is 4. The standard InChI is InChI=1S/C18H22N4O3/c1-19(12-14-11-16(23)21(3)18(25)20(14)2)15-9-10-22(17(15)24)13-7-5-4-6-8-13/h4-8,11,15H,9-10,12H2,1-3H3. The van der Waals surface area contributed by atoms with Crippen LogP contribution in [0, 0.1) is 0 Å². The van der Waals surface area contributed by atoms with Crippen molar-refractivity contribution >= 4 is 11.6 Å². The first kappa shape index (κ1) is 17.2. The van der Waals surface area contributed by atoms with Crippen LogP contribution in [0.25, 0.3) is 0 Å². The molecule has 1 fully saturated rings. The molecule has 1 aromatic carbocycles. The summed E-state index contributed by atoms with van der Waals surface area (Å²) in [5.74, 6) is 0.0440. The van der Waals surface area contributed by atoms with E-state index < -0.39 is 0 Å². The highest BCUT2D eigenvalue weighted by atomic mass is 16.2. The Bertz CT molecular complexity index is 901. The molecule has 2 heterocycles. The largest absolute Gasteiger partial charge is 0.330 e. The molecule has 1 saturated heterocycles. The van der Waals surface area contributed by atoms with Crippen LogP contribution in [0.2, 0.25) is 0 Å². The number of likely N-dealkylation sites (N-methyl/N-ethyl adjacent to an activating group) is 1. The number of anilines is 1. The molecule has 1 unspecified atom stereocenters. The minimum absolute atomic E-state index is 0.0440. The second-order valence-electron chi connectivity index (χ2n) is 6.42. The fourth-order valence-electron chi connectivity index (χ4n) is 3.23. The SMILES string of the molecule is CN(Cc1cc(=O)n(C)c(=O)n1C)C1CCN(c2ccccc2)C1=O. The topological polar surface area (TPSA) is 67.6 Å². The Kier molecular flexibility index (Phi) is 4.59. The summed E-state index contributed by atoms with van der Waals surface area (Å²) < 4.78 is 2.52. The van der Waals surface area contributed by atoms with E-state index in [0.717, 1.165) is 10.3 Å². The van der Waals surface area contributed by atoms with Crippen LogP contribution in [0.4, 0.5) is 5.69 Å². The van der Waals surface area contributed by atoms with Gasteiger partial charge in [0.25, 0.3) is 5.56 Å². The molecule has 3 rings (SSSR count). The van der Waals surface area contributed by atoms with Crippen LogP contribution in [0.3, 0.4) is 0 Å². The van der Waals surface area contributed by atoms with Crippen LogP contribution in [-0.2, 0) is 25.4 Å². The predicted octanol–water partition coefficient (Wildman–Crippen LogP) is 0.321. The molecule has 132 valence electrons. The smallest absolute Gasteiger partial charge is 0.311 e. The van der Waals surface area contributed by atoms with E-state index in [1.165, 1.54) is 17.7 Å². The number of benzene rings is 1. The van der Waals surface area contributed by atoms with Gasteiger partial charge in [-0.25, -0.2) is 4.79 Å². The number of nitrogens with zero attached hydrogens (tertiary/aromatic N) is 4. The summed E-state index contributed by atoms with van der Waals surface area (Å²) in [4.78, 5) is 40.4. The molecule has 1 aliphatic rings. The molecule has 7 heteroatoms. The maximum absolute atomic E-state index is 12.8. The summed E-state index contributed by atoms with van der Waals surface area (Å²) in [7, 11) is 4.94. The molecule has 0 aliphatic carbocycles. The number of carbonyl (C=O) groups is 1. The monoisotopic (exact) mass is 342 g/mol. The van der Waals surface area contributed by atoms with E-state index in [1.54, 1.807) is 11.9 Å². The van der Waals surface area contributed by atoms with Gasteiger partial charge in [0.1, 0.15) is 0 Å². The molecule has 1 aromatic heterocycles. The quantitative estimate of drug-likeness (QED) is 0.803. The van der Waals surface area contributed by atoms with E-state index in [1.807, 2.05) is 42.3 Å².